The highest BCUT2D eigenvalue weighted by Crippen LogP contribution is 2.35. The highest BCUT2D eigenvalue weighted by atomic mass is 19.4. The Kier molecular flexibility index (Phi) is 7.05. The molecule has 0 fully saturated rings. The van der Waals surface area contributed by atoms with E-state index in [2.05, 4.69) is 9.97 Å². The maximum atomic E-state index is 12.8. The third-order valence-corrected chi connectivity index (χ3v) is 4.04. The molecule has 0 N–H and O–H groups in total. The van der Waals surface area contributed by atoms with Crippen LogP contribution in [0.3, 0.4) is 0 Å². The number of alkyl halides is 12. The van der Waals surface area contributed by atoms with Crippen LogP contribution in [0.1, 0.15) is 56.3 Å². The minimum absolute atomic E-state index is 0.0298. The van der Waals surface area contributed by atoms with Gasteiger partial charge < -0.3 is 0 Å². The van der Waals surface area contributed by atoms with Crippen molar-refractivity contribution in [2.75, 3.05) is 0 Å². The topological polar surface area (TPSA) is 59.9 Å². The third-order valence-electron chi connectivity index (χ3n) is 4.04. The van der Waals surface area contributed by atoms with Gasteiger partial charge in [-0.25, -0.2) is 9.97 Å². The van der Waals surface area contributed by atoms with Gasteiger partial charge in [0.1, 0.15) is 22.8 Å². The van der Waals surface area contributed by atoms with Crippen LogP contribution in [-0.4, -0.2) is 21.5 Å². The third kappa shape index (κ3) is 6.66. The second-order valence-corrected chi connectivity index (χ2v) is 6.59. The first-order chi connectivity index (χ1) is 15.2. The normalized spacial score (nSPS) is 13.2. The van der Waals surface area contributed by atoms with Crippen LogP contribution in [0.5, 0.6) is 0 Å². The molecule has 0 amide bonds. The predicted molar refractivity (Wildman–Crippen MR) is 86.4 cm³/mol. The molecule has 0 aliphatic carbocycles. The molecule has 0 atom stereocenters. The van der Waals surface area contributed by atoms with E-state index in [0.717, 1.165) is 0 Å². The van der Waals surface area contributed by atoms with Crippen LogP contribution < -0.4 is 0 Å². The Morgan fingerprint density at radius 1 is 0.500 bits per heavy atom. The maximum absolute atomic E-state index is 12.8. The summed E-state index contributed by atoms with van der Waals surface area (Å²) < 4.78 is 154. The van der Waals surface area contributed by atoms with Crippen LogP contribution in [0.2, 0.25) is 0 Å². The van der Waals surface area contributed by atoms with Crippen molar-refractivity contribution in [2.45, 2.75) is 37.5 Å². The average molecular weight is 512 g/mol. The maximum Gasteiger partial charge on any atom is 0.433 e. The van der Waals surface area contributed by atoms with Gasteiger partial charge in [0.15, 0.2) is 11.6 Å². The molecule has 2 aromatic heterocycles. The largest absolute Gasteiger partial charge is 0.433 e. The Morgan fingerprint density at radius 3 is 0.882 bits per heavy atom. The second kappa shape index (κ2) is 8.87. The van der Waals surface area contributed by atoms with Crippen molar-refractivity contribution in [3.05, 3.63) is 58.2 Å². The van der Waals surface area contributed by atoms with Gasteiger partial charge in [-0.05, 0) is 24.3 Å². The average Bonchev–Trinajstić information content (AvgIpc) is 2.68. The summed E-state index contributed by atoms with van der Waals surface area (Å²) in [5, 5.41) is 0. The van der Waals surface area contributed by atoms with E-state index in [-0.39, 0.29) is 24.3 Å². The van der Waals surface area contributed by atoms with Crippen LogP contribution in [-0.2, 0) is 24.7 Å². The van der Waals surface area contributed by atoms with Crippen LogP contribution in [0.15, 0.2) is 24.3 Å². The standard InChI is InChI=1S/C18H8F12N2O2/c19-15(20,21)11-3-7(4-12(31-11)16(22,23)24)9(33)1-2-10(34)8-5-13(17(25,26)27)32-14(6-8)18(28,29)30/h3-6H,1-2H2. The molecule has 0 spiro atoms. The number of hydrogen-bond acceptors (Lipinski definition) is 4. The molecular weight excluding hydrogens is 504 g/mol. The highest BCUT2D eigenvalue weighted by molar-refractivity contribution is 6.02. The summed E-state index contributed by atoms with van der Waals surface area (Å²) in [5.41, 5.74) is -10.6. The van der Waals surface area contributed by atoms with E-state index in [0.29, 0.717) is 0 Å². The minimum atomic E-state index is -5.38. The molecule has 0 saturated carbocycles. The molecule has 2 aromatic rings. The van der Waals surface area contributed by atoms with Crippen molar-refractivity contribution < 1.29 is 62.3 Å². The molecule has 34 heavy (non-hydrogen) atoms. The number of carbonyl (C=O) groups is 2. The van der Waals surface area contributed by atoms with E-state index in [1.807, 2.05) is 0 Å². The summed E-state index contributed by atoms with van der Waals surface area (Å²) in [6.07, 6.45) is -23.8. The SMILES string of the molecule is O=C(CCC(=O)c1cc(C(F)(F)F)nc(C(F)(F)F)c1)c1cc(C(F)(F)F)nc(C(F)(F)F)c1. The van der Waals surface area contributed by atoms with Crippen molar-refractivity contribution in [3.63, 3.8) is 0 Å². The fraction of sp³-hybridized carbons (Fsp3) is 0.333. The molecular formula is C18H8F12N2O2. The van der Waals surface area contributed by atoms with Crippen molar-refractivity contribution in [1.29, 1.82) is 0 Å². The van der Waals surface area contributed by atoms with Gasteiger partial charge in [0.2, 0.25) is 0 Å². The van der Waals surface area contributed by atoms with Crippen molar-refractivity contribution >= 4 is 11.6 Å². The Balaban J connectivity index is 2.35. The molecule has 0 bridgehead atoms. The van der Waals surface area contributed by atoms with Gasteiger partial charge in [0.05, 0.1) is 0 Å². The molecule has 2 heterocycles. The Hall–Kier alpha value is -3.20. The van der Waals surface area contributed by atoms with Crippen LogP contribution >= 0.6 is 0 Å². The summed E-state index contributed by atoms with van der Waals surface area (Å²) in [4.78, 5) is 29.0. The number of nitrogens with zero attached hydrogens (tertiary/aromatic N) is 2. The van der Waals surface area contributed by atoms with E-state index in [9.17, 15) is 62.3 Å². The number of aromatic nitrogens is 2. The zero-order valence-corrected chi connectivity index (χ0v) is 16.0. The Labute approximate surface area is 180 Å². The zero-order valence-electron chi connectivity index (χ0n) is 16.0. The quantitative estimate of drug-likeness (QED) is 0.344. The predicted octanol–water partition coefficient (Wildman–Crippen LogP) is 6.40. The lowest BCUT2D eigenvalue weighted by atomic mass is 10.00. The molecule has 0 radical (unpaired) electrons. The highest BCUT2D eigenvalue weighted by Gasteiger charge is 2.40. The van der Waals surface area contributed by atoms with Gasteiger partial charge in [-0.3, -0.25) is 9.59 Å². The smallest absolute Gasteiger partial charge is 0.294 e. The molecule has 0 unspecified atom stereocenters. The first-order valence-electron chi connectivity index (χ1n) is 8.59. The summed E-state index contributed by atoms with van der Waals surface area (Å²) >= 11 is 0. The fourth-order valence-corrected chi connectivity index (χ4v) is 2.48. The summed E-state index contributed by atoms with van der Waals surface area (Å²) in [7, 11) is 0. The molecule has 0 aromatic carbocycles. The van der Waals surface area contributed by atoms with Gasteiger partial charge in [-0.15, -0.1) is 0 Å². The van der Waals surface area contributed by atoms with Crippen molar-refractivity contribution in [1.82, 2.24) is 9.97 Å². The van der Waals surface area contributed by atoms with Gasteiger partial charge >= 0.3 is 24.7 Å². The van der Waals surface area contributed by atoms with E-state index < -0.39 is 83.0 Å². The number of hydrogen-bond donors (Lipinski definition) is 0. The summed E-state index contributed by atoms with van der Waals surface area (Å²) in [6, 6.07) is -0.119. The van der Waals surface area contributed by atoms with E-state index in [1.54, 1.807) is 0 Å². The van der Waals surface area contributed by atoms with Crippen LogP contribution in [0, 0.1) is 0 Å². The molecule has 0 aliphatic heterocycles. The molecule has 2 rings (SSSR count). The van der Waals surface area contributed by atoms with E-state index in [1.165, 1.54) is 0 Å². The van der Waals surface area contributed by atoms with Crippen molar-refractivity contribution in [3.8, 4) is 0 Å². The molecule has 16 heteroatoms. The Bertz CT molecular complexity index is 946. The zero-order chi connectivity index (χ0) is 26.3. The van der Waals surface area contributed by atoms with E-state index in [4.69, 9.17) is 0 Å². The lowest BCUT2D eigenvalue weighted by Crippen LogP contribution is -2.18. The number of carbonyl (C=O) groups excluding carboxylic acids is 2. The molecule has 0 saturated heterocycles. The van der Waals surface area contributed by atoms with Crippen LogP contribution in [0.4, 0.5) is 52.7 Å². The van der Waals surface area contributed by atoms with Crippen molar-refractivity contribution in [2.24, 2.45) is 0 Å². The lowest BCUT2D eigenvalue weighted by Gasteiger charge is -2.13. The Morgan fingerprint density at radius 2 is 0.706 bits per heavy atom. The number of pyridine rings is 2. The molecule has 186 valence electrons. The van der Waals surface area contributed by atoms with Gasteiger partial charge in [-0.1, -0.05) is 0 Å². The first kappa shape index (κ1) is 27.0. The molecule has 0 aliphatic rings. The van der Waals surface area contributed by atoms with Gasteiger partial charge in [-0.2, -0.15) is 52.7 Å². The number of halogens is 12. The monoisotopic (exact) mass is 512 g/mol. The second-order valence-electron chi connectivity index (χ2n) is 6.59. The number of Topliss-reactive ketones (excluding diaryl/α,β-unsaturated/α-hetero) is 2. The minimum Gasteiger partial charge on any atom is -0.294 e. The van der Waals surface area contributed by atoms with Crippen LogP contribution in [0.25, 0.3) is 0 Å². The summed E-state index contributed by atoms with van der Waals surface area (Å²) in [5.74, 6) is -2.93. The van der Waals surface area contributed by atoms with Gasteiger partial charge in [0, 0.05) is 24.0 Å². The van der Waals surface area contributed by atoms with E-state index >= 15 is 0 Å². The lowest BCUT2D eigenvalue weighted by molar-refractivity contribution is -0.151. The van der Waals surface area contributed by atoms with Gasteiger partial charge in [0.25, 0.3) is 0 Å². The number of rotatable bonds is 5. The first-order valence-corrected chi connectivity index (χ1v) is 8.59. The molecule has 4 nitrogen and oxygen atoms in total. The fourth-order valence-electron chi connectivity index (χ4n) is 2.48. The summed E-state index contributed by atoms with van der Waals surface area (Å²) in [6.45, 7) is 0. The number of ketones is 2.